The van der Waals surface area contributed by atoms with Gasteiger partial charge in [0, 0.05) is 44.0 Å². The van der Waals surface area contributed by atoms with Gasteiger partial charge in [0.1, 0.15) is 0 Å². The van der Waals surface area contributed by atoms with Gasteiger partial charge in [-0.25, -0.2) is 0 Å². The van der Waals surface area contributed by atoms with Gasteiger partial charge in [0.2, 0.25) is 0 Å². The molecule has 0 saturated carbocycles. The van der Waals surface area contributed by atoms with Gasteiger partial charge in [0.25, 0.3) is 5.91 Å². The number of carbonyl (C=O) groups excluding carboxylic acids is 1. The minimum absolute atomic E-state index is 0.148. The molecule has 1 amide bonds. The van der Waals surface area contributed by atoms with Gasteiger partial charge < -0.3 is 4.90 Å². The van der Waals surface area contributed by atoms with E-state index in [1.54, 1.807) is 11.3 Å². The second-order valence-corrected chi connectivity index (χ2v) is 8.83. The molecule has 2 aliphatic rings. The molecule has 0 bridgehead atoms. The lowest BCUT2D eigenvalue weighted by Crippen LogP contribution is -2.37. The molecule has 3 heterocycles. The van der Waals surface area contributed by atoms with E-state index in [2.05, 4.69) is 33.9 Å². The molecule has 27 heavy (non-hydrogen) atoms. The average molecular weight is 387 g/mol. The number of fused-ring (bicyclic) bond motifs is 1. The summed E-state index contributed by atoms with van der Waals surface area (Å²) in [5, 5.41) is 9.04. The van der Waals surface area contributed by atoms with Gasteiger partial charge in [-0.2, -0.15) is 16.4 Å². The molecule has 4 rings (SSSR count). The molecular formula is C21H30N4OS. The van der Waals surface area contributed by atoms with Crippen LogP contribution in [0.5, 0.6) is 0 Å². The zero-order valence-corrected chi connectivity index (χ0v) is 17.3. The van der Waals surface area contributed by atoms with Crippen LogP contribution in [0.15, 0.2) is 16.8 Å². The molecule has 1 fully saturated rings. The molecular weight excluding hydrogens is 356 g/mol. The quantitative estimate of drug-likeness (QED) is 0.808. The summed E-state index contributed by atoms with van der Waals surface area (Å²) >= 11 is 1.75. The van der Waals surface area contributed by atoms with E-state index in [-0.39, 0.29) is 5.91 Å². The van der Waals surface area contributed by atoms with Crippen molar-refractivity contribution in [1.82, 2.24) is 19.6 Å². The molecule has 5 nitrogen and oxygen atoms in total. The average Bonchev–Trinajstić information content (AvgIpc) is 3.19. The van der Waals surface area contributed by atoms with Crippen LogP contribution in [0.3, 0.4) is 0 Å². The molecule has 1 saturated heterocycles. The fourth-order valence-electron chi connectivity index (χ4n) is 4.54. The number of amides is 1. The number of likely N-dealkylation sites (N-methyl/N-ethyl adjacent to an activating group) is 1. The van der Waals surface area contributed by atoms with E-state index in [1.807, 2.05) is 16.6 Å². The molecule has 1 unspecified atom stereocenters. The Bertz CT molecular complexity index is 774. The summed E-state index contributed by atoms with van der Waals surface area (Å²) in [6.07, 6.45) is 7.77. The van der Waals surface area contributed by atoms with Crippen molar-refractivity contribution < 1.29 is 4.79 Å². The Hall–Kier alpha value is -1.66. The summed E-state index contributed by atoms with van der Waals surface area (Å²) in [5.74, 6) is 0.148. The largest absolute Gasteiger partial charge is 0.337 e. The normalized spacial score (nSPS) is 20.6. The topological polar surface area (TPSA) is 41.4 Å². The fraction of sp³-hybridized carbons (Fsp3) is 0.619. The van der Waals surface area contributed by atoms with Gasteiger partial charge in [0.15, 0.2) is 5.69 Å². The monoisotopic (exact) mass is 386 g/mol. The first kappa shape index (κ1) is 18.7. The Morgan fingerprint density at radius 1 is 1.30 bits per heavy atom. The first-order chi connectivity index (χ1) is 13.1. The number of rotatable bonds is 4. The number of likely N-dealkylation sites (tertiary alicyclic amines) is 1. The first-order valence-corrected chi connectivity index (χ1v) is 11.1. The number of carbonyl (C=O) groups is 1. The van der Waals surface area contributed by atoms with Crippen molar-refractivity contribution in [2.24, 2.45) is 7.05 Å². The Kier molecular flexibility index (Phi) is 5.64. The maximum Gasteiger partial charge on any atom is 0.274 e. The first-order valence-electron chi connectivity index (χ1n) is 10.2. The van der Waals surface area contributed by atoms with Crippen LogP contribution in [0, 0.1) is 0 Å². The molecule has 6 heteroatoms. The fourth-order valence-corrected chi connectivity index (χ4v) is 5.20. The van der Waals surface area contributed by atoms with E-state index in [0.29, 0.717) is 11.7 Å². The molecule has 2 aromatic rings. The number of aromatic nitrogens is 2. The Labute approximate surface area is 166 Å². The van der Waals surface area contributed by atoms with Crippen LogP contribution in [0.2, 0.25) is 0 Å². The molecule has 2 aromatic heterocycles. The van der Waals surface area contributed by atoms with Crippen molar-refractivity contribution in [3.8, 4) is 0 Å². The van der Waals surface area contributed by atoms with E-state index >= 15 is 0 Å². The van der Waals surface area contributed by atoms with Gasteiger partial charge >= 0.3 is 0 Å². The summed E-state index contributed by atoms with van der Waals surface area (Å²) in [5.41, 5.74) is 4.54. The number of hydrogen-bond donors (Lipinski definition) is 0. The molecule has 0 spiro atoms. The van der Waals surface area contributed by atoms with Crippen molar-refractivity contribution in [3.63, 3.8) is 0 Å². The SMILES string of the molecule is CN(Cc1ccsc1)C1CCc2c(c(C(=O)N3CCCCCC3)nn2C)C1. The zero-order valence-electron chi connectivity index (χ0n) is 16.5. The van der Waals surface area contributed by atoms with Crippen LogP contribution in [-0.4, -0.2) is 51.7 Å². The summed E-state index contributed by atoms with van der Waals surface area (Å²) in [6.45, 7) is 2.73. The molecule has 0 radical (unpaired) electrons. The van der Waals surface area contributed by atoms with E-state index in [4.69, 9.17) is 0 Å². The van der Waals surface area contributed by atoms with Gasteiger partial charge in [0.05, 0.1) is 0 Å². The molecule has 1 atom stereocenters. The highest BCUT2D eigenvalue weighted by molar-refractivity contribution is 7.07. The molecule has 146 valence electrons. The number of nitrogens with zero attached hydrogens (tertiary/aromatic N) is 4. The number of thiophene rings is 1. The molecule has 1 aliphatic heterocycles. The highest BCUT2D eigenvalue weighted by Crippen LogP contribution is 2.28. The number of hydrogen-bond acceptors (Lipinski definition) is 4. The van der Waals surface area contributed by atoms with Crippen LogP contribution >= 0.6 is 11.3 Å². The van der Waals surface area contributed by atoms with Crippen LogP contribution < -0.4 is 0 Å². The van der Waals surface area contributed by atoms with E-state index in [1.165, 1.54) is 29.7 Å². The third-order valence-corrected chi connectivity index (χ3v) is 6.89. The summed E-state index contributed by atoms with van der Waals surface area (Å²) in [6, 6.07) is 2.67. The van der Waals surface area contributed by atoms with Crippen molar-refractivity contribution in [1.29, 1.82) is 0 Å². The van der Waals surface area contributed by atoms with Crippen molar-refractivity contribution in [3.05, 3.63) is 39.3 Å². The van der Waals surface area contributed by atoms with Crippen LogP contribution in [0.25, 0.3) is 0 Å². The van der Waals surface area contributed by atoms with Crippen molar-refractivity contribution in [2.45, 2.75) is 57.5 Å². The lowest BCUT2D eigenvalue weighted by Gasteiger charge is -2.31. The predicted octanol–water partition coefficient (Wildman–Crippen LogP) is 3.49. The Balaban J connectivity index is 1.52. The lowest BCUT2D eigenvalue weighted by molar-refractivity contribution is 0.0753. The minimum atomic E-state index is 0.148. The van der Waals surface area contributed by atoms with E-state index < -0.39 is 0 Å². The highest BCUT2D eigenvalue weighted by atomic mass is 32.1. The summed E-state index contributed by atoms with van der Waals surface area (Å²) in [4.78, 5) is 17.7. The number of aryl methyl sites for hydroxylation is 1. The molecule has 0 N–H and O–H groups in total. The van der Waals surface area contributed by atoms with Gasteiger partial charge in [-0.3, -0.25) is 14.4 Å². The van der Waals surface area contributed by atoms with Crippen molar-refractivity contribution >= 4 is 17.2 Å². The van der Waals surface area contributed by atoms with E-state index in [9.17, 15) is 4.79 Å². The van der Waals surface area contributed by atoms with Crippen LogP contribution in [0.4, 0.5) is 0 Å². The van der Waals surface area contributed by atoms with Gasteiger partial charge in [-0.15, -0.1) is 0 Å². The lowest BCUT2D eigenvalue weighted by atomic mass is 9.90. The second-order valence-electron chi connectivity index (χ2n) is 8.05. The Morgan fingerprint density at radius 2 is 2.07 bits per heavy atom. The van der Waals surface area contributed by atoms with Gasteiger partial charge in [-0.1, -0.05) is 12.8 Å². The third-order valence-electron chi connectivity index (χ3n) is 6.16. The zero-order chi connectivity index (χ0) is 18.8. The van der Waals surface area contributed by atoms with E-state index in [0.717, 1.165) is 51.7 Å². The van der Waals surface area contributed by atoms with Crippen LogP contribution in [-0.2, 0) is 26.4 Å². The Morgan fingerprint density at radius 3 is 2.78 bits per heavy atom. The standard InChI is InChI=1S/C21H30N4OS/c1-23(14-16-9-12-27-15-16)17-7-8-19-18(13-17)20(22-24(19)2)21(26)25-10-5-3-4-6-11-25/h9,12,15,17H,3-8,10-11,13-14H2,1-2H3. The minimum Gasteiger partial charge on any atom is -0.337 e. The molecule has 0 aromatic carbocycles. The summed E-state index contributed by atoms with van der Waals surface area (Å²) in [7, 11) is 4.20. The van der Waals surface area contributed by atoms with Gasteiger partial charge in [-0.05, 0) is 61.5 Å². The highest BCUT2D eigenvalue weighted by Gasteiger charge is 2.32. The predicted molar refractivity (Wildman–Crippen MR) is 109 cm³/mol. The molecule has 1 aliphatic carbocycles. The van der Waals surface area contributed by atoms with Crippen LogP contribution in [0.1, 0.15) is 59.4 Å². The third kappa shape index (κ3) is 3.97. The maximum absolute atomic E-state index is 13.2. The van der Waals surface area contributed by atoms with Crippen molar-refractivity contribution in [2.75, 3.05) is 20.1 Å². The second kappa shape index (κ2) is 8.15. The summed E-state index contributed by atoms with van der Waals surface area (Å²) < 4.78 is 1.95. The maximum atomic E-state index is 13.2. The smallest absolute Gasteiger partial charge is 0.274 e.